The van der Waals surface area contributed by atoms with Gasteiger partial charge in [-0.1, -0.05) is 11.6 Å². The highest BCUT2D eigenvalue weighted by molar-refractivity contribution is 7.14. The molecule has 0 fully saturated rings. The van der Waals surface area contributed by atoms with Gasteiger partial charge in [-0.3, -0.25) is 10.1 Å². The van der Waals surface area contributed by atoms with E-state index in [1.807, 2.05) is 17.5 Å². The molecule has 2 N–H and O–H groups in total. The van der Waals surface area contributed by atoms with Crippen LogP contribution < -0.4 is 14.8 Å². The van der Waals surface area contributed by atoms with E-state index in [1.165, 1.54) is 29.5 Å². The lowest BCUT2D eigenvalue weighted by Crippen LogP contribution is -2.11. The molecule has 1 aromatic heterocycles. The number of aromatic hydroxyl groups is 1. The number of nitrogens with one attached hydrogen (secondary N) is 1. The van der Waals surface area contributed by atoms with Gasteiger partial charge >= 0.3 is 0 Å². The number of phenols is 1. The number of phenolic OH excluding ortho intramolecular Hbond substituents is 1. The largest absolute Gasteiger partial charge is 0.506 e. The average molecular weight is 391 g/mol. The van der Waals surface area contributed by atoms with Crippen LogP contribution in [0.2, 0.25) is 5.02 Å². The van der Waals surface area contributed by atoms with Crippen LogP contribution in [0.4, 0.5) is 5.13 Å². The Labute approximate surface area is 159 Å². The zero-order chi connectivity index (χ0) is 18.7. The summed E-state index contributed by atoms with van der Waals surface area (Å²) in [5.41, 5.74) is 1.87. The number of amides is 1. The average Bonchev–Trinajstić information content (AvgIpc) is 3.11. The topological polar surface area (TPSA) is 80.7 Å². The molecule has 26 heavy (non-hydrogen) atoms. The number of hydrogen-bond acceptors (Lipinski definition) is 6. The lowest BCUT2D eigenvalue weighted by molar-refractivity contribution is 0.102. The molecule has 2 aromatic carbocycles. The number of rotatable bonds is 5. The second-order valence-corrected chi connectivity index (χ2v) is 6.49. The van der Waals surface area contributed by atoms with Crippen LogP contribution in [0.15, 0.2) is 41.8 Å². The van der Waals surface area contributed by atoms with Gasteiger partial charge in [0.1, 0.15) is 5.75 Å². The normalized spacial score (nSPS) is 10.4. The number of carbonyl (C=O) groups excluding carboxylic acids is 1. The molecule has 6 nitrogen and oxygen atoms in total. The third-order valence-corrected chi connectivity index (χ3v) is 4.67. The van der Waals surface area contributed by atoms with Gasteiger partial charge in [-0.2, -0.15) is 0 Å². The minimum absolute atomic E-state index is 0.0757. The quantitative estimate of drug-likeness (QED) is 0.673. The summed E-state index contributed by atoms with van der Waals surface area (Å²) in [6.45, 7) is 0. The lowest BCUT2D eigenvalue weighted by atomic mass is 10.1. The predicted molar refractivity (Wildman–Crippen MR) is 102 cm³/mol. The molecule has 0 radical (unpaired) electrons. The molecule has 0 saturated carbocycles. The van der Waals surface area contributed by atoms with E-state index in [0.717, 1.165) is 5.56 Å². The van der Waals surface area contributed by atoms with Crippen molar-refractivity contribution >= 4 is 34.0 Å². The number of anilines is 1. The van der Waals surface area contributed by atoms with Gasteiger partial charge in [0.25, 0.3) is 5.91 Å². The number of carbonyl (C=O) groups is 1. The number of thiazole rings is 1. The molecule has 1 heterocycles. The first kappa shape index (κ1) is 18.0. The Hall–Kier alpha value is -2.77. The maximum absolute atomic E-state index is 12.3. The van der Waals surface area contributed by atoms with Gasteiger partial charge in [0, 0.05) is 16.5 Å². The third kappa shape index (κ3) is 3.74. The first-order valence-electron chi connectivity index (χ1n) is 7.49. The van der Waals surface area contributed by atoms with Crippen molar-refractivity contribution < 1.29 is 19.4 Å². The Balaban J connectivity index is 1.79. The second-order valence-electron chi connectivity index (χ2n) is 5.23. The Kier molecular flexibility index (Phi) is 5.29. The standard InChI is InChI=1S/C18H15ClN2O4S/c1-24-15-6-4-10(8-16(15)25-2)13-9-26-18(20-13)21-17(23)11-3-5-14(22)12(19)7-11/h3-9,22H,1-2H3,(H,20,21,23). The molecule has 0 atom stereocenters. The Morgan fingerprint density at radius 3 is 2.62 bits per heavy atom. The van der Waals surface area contributed by atoms with E-state index in [0.29, 0.717) is 27.9 Å². The van der Waals surface area contributed by atoms with Gasteiger partial charge in [0.2, 0.25) is 0 Å². The van der Waals surface area contributed by atoms with Gasteiger partial charge in [0.15, 0.2) is 16.6 Å². The zero-order valence-corrected chi connectivity index (χ0v) is 15.5. The molecular weight excluding hydrogens is 376 g/mol. The Morgan fingerprint density at radius 1 is 1.15 bits per heavy atom. The number of hydrogen-bond donors (Lipinski definition) is 2. The maximum Gasteiger partial charge on any atom is 0.257 e. The summed E-state index contributed by atoms with van der Waals surface area (Å²) in [6.07, 6.45) is 0. The Bertz CT molecular complexity index is 958. The number of nitrogens with zero attached hydrogens (tertiary/aromatic N) is 1. The first-order valence-corrected chi connectivity index (χ1v) is 8.75. The predicted octanol–water partition coefficient (Wildman–Crippen LogP) is 4.44. The number of halogens is 1. The van der Waals surface area contributed by atoms with Crippen molar-refractivity contribution in [2.75, 3.05) is 19.5 Å². The third-order valence-electron chi connectivity index (χ3n) is 3.61. The van der Waals surface area contributed by atoms with Crippen LogP contribution in [0.3, 0.4) is 0 Å². The molecule has 0 aliphatic rings. The number of methoxy groups -OCH3 is 2. The number of ether oxygens (including phenoxy) is 2. The zero-order valence-electron chi connectivity index (χ0n) is 13.9. The molecule has 0 unspecified atom stereocenters. The number of benzene rings is 2. The molecule has 134 valence electrons. The van der Waals surface area contributed by atoms with E-state index in [2.05, 4.69) is 10.3 Å². The summed E-state index contributed by atoms with van der Waals surface area (Å²) < 4.78 is 10.5. The van der Waals surface area contributed by atoms with Crippen LogP contribution in [0, 0.1) is 0 Å². The van der Waals surface area contributed by atoms with Crippen LogP contribution in [0.5, 0.6) is 17.2 Å². The minimum atomic E-state index is -0.361. The maximum atomic E-state index is 12.3. The summed E-state index contributed by atoms with van der Waals surface area (Å²) >= 11 is 7.13. The molecule has 8 heteroatoms. The second kappa shape index (κ2) is 7.63. The van der Waals surface area contributed by atoms with Gasteiger partial charge in [-0.15, -0.1) is 11.3 Å². The van der Waals surface area contributed by atoms with Gasteiger partial charge in [0.05, 0.1) is 24.9 Å². The SMILES string of the molecule is COc1ccc(-c2csc(NC(=O)c3ccc(O)c(Cl)c3)n2)cc1OC. The summed E-state index contributed by atoms with van der Waals surface area (Å²) in [5, 5.41) is 14.5. The van der Waals surface area contributed by atoms with Crippen molar-refractivity contribution in [3.05, 3.63) is 52.4 Å². The smallest absolute Gasteiger partial charge is 0.257 e. The molecule has 1 amide bonds. The first-order chi connectivity index (χ1) is 12.5. The van der Waals surface area contributed by atoms with Crippen molar-refractivity contribution in [3.8, 4) is 28.5 Å². The van der Waals surface area contributed by atoms with Gasteiger partial charge in [-0.05, 0) is 36.4 Å². The molecule has 0 spiro atoms. The monoisotopic (exact) mass is 390 g/mol. The number of aromatic nitrogens is 1. The van der Waals surface area contributed by atoms with E-state index < -0.39 is 0 Å². The fraction of sp³-hybridized carbons (Fsp3) is 0.111. The molecule has 0 aliphatic carbocycles. The summed E-state index contributed by atoms with van der Waals surface area (Å²) in [7, 11) is 3.14. The van der Waals surface area contributed by atoms with E-state index >= 15 is 0 Å². The van der Waals surface area contributed by atoms with E-state index in [4.69, 9.17) is 21.1 Å². The van der Waals surface area contributed by atoms with Crippen LogP contribution in [-0.4, -0.2) is 30.2 Å². The van der Waals surface area contributed by atoms with Crippen molar-refractivity contribution in [3.63, 3.8) is 0 Å². The Morgan fingerprint density at radius 2 is 1.92 bits per heavy atom. The minimum Gasteiger partial charge on any atom is -0.506 e. The lowest BCUT2D eigenvalue weighted by Gasteiger charge is -2.08. The summed E-state index contributed by atoms with van der Waals surface area (Å²) in [5.74, 6) is 0.792. The summed E-state index contributed by atoms with van der Waals surface area (Å²) in [4.78, 5) is 16.7. The van der Waals surface area contributed by atoms with Crippen molar-refractivity contribution in [2.45, 2.75) is 0 Å². The van der Waals surface area contributed by atoms with Crippen molar-refractivity contribution in [1.82, 2.24) is 4.98 Å². The van der Waals surface area contributed by atoms with Gasteiger partial charge in [-0.25, -0.2) is 4.98 Å². The van der Waals surface area contributed by atoms with Crippen molar-refractivity contribution in [1.29, 1.82) is 0 Å². The van der Waals surface area contributed by atoms with E-state index in [-0.39, 0.29) is 16.7 Å². The van der Waals surface area contributed by atoms with Gasteiger partial charge < -0.3 is 14.6 Å². The highest BCUT2D eigenvalue weighted by Crippen LogP contribution is 2.33. The molecule has 0 bridgehead atoms. The van der Waals surface area contributed by atoms with Crippen molar-refractivity contribution in [2.24, 2.45) is 0 Å². The van der Waals surface area contributed by atoms with E-state index in [9.17, 15) is 9.90 Å². The van der Waals surface area contributed by atoms with Crippen LogP contribution in [0.1, 0.15) is 10.4 Å². The van der Waals surface area contributed by atoms with Crippen LogP contribution >= 0.6 is 22.9 Å². The molecule has 3 aromatic rings. The summed E-state index contributed by atoms with van der Waals surface area (Å²) in [6, 6.07) is 9.73. The van der Waals surface area contributed by atoms with Crippen LogP contribution in [0.25, 0.3) is 11.3 Å². The molecule has 0 aliphatic heterocycles. The molecule has 0 saturated heterocycles. The van der Waals surface area contributed by atoms with Crippen LogP contribution in [-0.2, 0) is 0 Å². The highest BCUT2D eigenvalue weighted by Gasteiger charge is 2.13. The van der Waals surface area contributed by atoms with E-state index in [1.54, 1.807) is 20.3 Å². The fourth-order valence-electron chi connectivity index (χ4n) is 2.28. The highest BCUT2D eigenvalue weighted by atomic mass is 35.5. The molecular formula is C18H15ClN2O4S. The fourth-order valence-corrected chi connectivity index (χ4v) is 3.17. The molecule has 3 rings (SSSR count).